The summed E-state index contributed by atoms with van der Waals surface area (Å²) in [5.74, 6) is -5.67. The Morgan fingerprint density at radius 1 is 0.240 bits per heavy atom. The summed E-state index contributed by atoms with van der Waals surface area (Å²) in [5, 5.41) is 25.4. The molecule has 0 aromatic heterocycles. The number of primary amides is 1. The second-order valence-corrected chi connectivity index (χ2v) is 27.4. The number of nitrogens with one attached hydrogen (secondary N) is 9. The van der Waals surface area contributed by atoms with Gasteiger partial charge in [-0.2, -0.15) is 0 Å². The van der Waals surface area contributed by atoms with Gasteiger partial charge in [0, 0.05) is 19.6 Å². The third-order valence-electron chi connectivity index (χ3n) is 18.2. The first-order valence-electron chi connectivity index (χ1n) is 38.9. The van der Waals surface area contributed by atoms with E-state index in [4.69, 9.17) is 51.6 Å². The lowest BCUT2D eigenvalue weighted by Gasteiger charge is -2.27. The summed E-state index contributed by atoms with van der Waals surface area (Å²) in [7, 11) is 0. The van der Waals surface area contributed by atoms with E-state index in [0.29, 0.717) is 123 Å². The van der Waals surface area contributed by atoms with Crippen molar-refractivity contribution in [3.63, 3.8) is 0 Å². The lowest BCUT2D eigenvalue weighted by molar-refractivity contribution is -0.135. The molecule has 0 heterocycles. The molecule has 0 spiro atoms. The van der Waals surface area contributed by atoms with Crippen LogP contribution in [0.25, 0.3) is 0 Å². The van der Waals surface area contributed by atoms with Gasteiger partial charge in [-0.15, -0.1) is 0 Å². The summed E-state index contributed by atoms with van der Waals surface area (Å²) in [6.07, 6.45) is 31.1. The molecule has 0 saturated heterocycles. The number of amides is 10. The van der Waals surface area contributed by atoms with Gasteiger partial charge in [0.05, 0.1) is 30.7 Å². The maximum Gasteiger partial charge on any atom is 0.243 e. The van der Waals surface area contributed by atoms with Crippen molar-refractivity contribution in [2.75, 3.05) is 52.4 Å². The quantitative estimate of drug-likeness (QED) is 0.0388. The van der Waals surface area contributed by atoms with Crippen LogP contribution in [0.3, 0.4) is 0 Å². The first kappa shape index (κ1) is 94.4. The van der Waals surface area contributed by atoms with Crippen LogP contribution in [-0.2, 0) is 47.9 Å². The summed E-state index contributed by atoms with van der Waals surface area (Å²) in [4.78, 5) is 137. The average molecular weight is 1420 g/mol. The molecule has 0 radical (unpaired) electrons. The SMILES string of the molecule is CCCCCCCCCCCCC(N)C(=O)N[C@@H](CCCCN)C(=O)N[C@@H](CCCCNC(=O)[C@@H](N)CCCCN)C(=O)N[C@@H](CCCCNC(=O)[C@H](CCCCNC(=O)[C@@H](N)CCCCN)NC(=O)[C@@H](N)CCCCN)C(=O)NC(CCCCCCCCCCCC)C(=O)NCC(N)=O. The van der Waals surface area contributed by atoms with Crippen LogP contribution in [0.15, 0.2) is 0 Å². The molecule has 582 valence electrons. The van der Waals surface area contributed by atoms with E-state index in [2.05, 4.69) is 61.7 Å². The third kappa shape index (κ3) is 50.7. The highest BCUT2D eigenvalue weighted by Gasteiger charge is 2.33. The van der Waals surface area contributed by atoms with Gasteiger partial charge < -0.3 is 99.5 Å². The highest BCUT2D eigenvalue weighted by Crippen LogP contribution is 2.16. The lowest BCUT2D eigenvalue weighted by atomic mass is 10.0. The molecule has 0 saturated carbocycles. The maximum atomic E-state index is 14.9. The van der Waals surface area contributed by atoms with Crippen LogP contribution >= 0.6 is 0 Å². The predicted octanol–water partition coefficient (Wildman–Crippen LogP) is 3.32. The van der Waals surface area contributed by atoms with Crippen LogP contribution in [0.2, 0.25) is 0 Å². The second kappa shape index (κ2) is 64.2. The highest BCUT2D eigenvalue weighted by molar-refractivity contribution is 5.96. The number of unbranched alkanes of at least 4 members (excludes halogenated alkanes) is 25. The van der Waals surface area contributed by atoms with E-state index in [0.717, 1.165) is 77.0 Å². The van der Waals surface area contributed by atoms with E-state index in [-0.39, 0.29) is 69.8 Å². The van der Waals surface area contributed by atoms with Gasteiger partial charge in [0.2, 0.25) is 59.1 Å². The number of carbonyl (C=O) groups is 10. The van der Waals surface area contributed by atoms with E-state index in [1.807, 2.05) is 0 Å². The number of hydrogen-bond donors (Lipinski definition) is 18. The minimum absolute atomic E-state index is 0.0194. The lowest BCUT2D eigenvalue weighted by Crippen LogP contribution is -2.59. The fraction of sp³-hybridized carbons (Fsp3) is 0.861. The molecule has 28 nitrogen and oxygen atoms in total. The molecule has 10 amide bonds. The van der Waals surface area contributed by atoms with Crippen LogP contribution in [0.1, 0.15) is 290 Å². The van der Waals surface area contributed by atoms with Crippen LogP contribution < -0.4 is 99.5 Å². The van der Waals surface area contributed by atoms with Crippen molar-refractivity contribution in [3.05, 3.63) is 0 Å². The second-order valence-electron chi connectivity index (χ2n) is 27.4. The van der Waals surface area contributed by atoms with Gasteiger partial charge in [0.15, 0.2) is 0 Å². The van der Waals surface area contributed by atoms with Gasteiger partial charge in [0.1, 0.15) is 30.2 Å². The van der Waals surface area contributed by atoms with Gasteiger partial charge in [-0.1, -0.05) is 162 Å². The average Bonchev–Trinajstić information content (AvgIpc) is 0.876. The Kier molecular flexibility index (Phi) is 60.6. The Labute approximate surface area is 600 Å². The van der Waals surface area contributed by atoms with Crippen molar-refractivity contribution in [2.24, 2.45) is 51.6 Å². The molecule has 0 rings (SSSR count). The topological polar surface area (TPSA) is 513 Å². The van der Waals surface area contributed by atoms with Crippen molar-refractivity contribution in [3.8, 4) is 0 Å². The Hall–Kier alpha value is -5.62. The van der Waals surface area contributed by atoms with Gasteiger partial charge >= 0.3 is 0 Å². The molecular formula is C72H144N18O10. The number of rotatable bonds is 69. The maximum absolute atomic E-state index is 14.9. The van der Waals surface area contributed by atoms with Crippen molar-refractivity contribution in [1.82, 2.24) is 47.9 Å². The van der Waals surface area contributed by atoms with Gasteiger partial charge in [-0.25, -0.2) is 0 Å². The first-order valence-corrected chi connectivity index (χ1v) is 38.9. The van der Waals surface area contributed by atoms with Crippen LogP contribution in [0.5, 0.6) is 0 Å². The third-order valence-corrected chi connectivity index (χ3v) is 18.2. The standard InChI is InChI=1S/C72H144N18O10/c1-3-5-7-9-11-13-15-17-19-21-37-56(79)67(95)87-60(42-26-33-49-76)70(98)89-62(44-28-35-51-83-65(93)55(78)39-24-31-47-74)72(100)90-61(71(99)88-59(69(97)85-53-63(81)91)41-22-20-18-16-14-12-10-8-6-4-2)45-29-36-52-84-68(96)58(86-66(94)57(80)40-25-32-48-75)43-27-34-50-82-64(92)54(77)38-23-30-46-73/h54-62H,3-53,73-80H2,1-2H3,(H2,81,91)(H,82,92)(H,83,93)(H,84,96)(H,85,97)(H,86,94)(H,87,95)(H,88,99)(H,89,98)(H,90,100)/t54-,55-,56?,57-,58-,59?,60-,61-,62-/m0/s1. The Morgan fingerprint density at radius 3 is 0.740 bits per heavy atom. The van der Waals surface area contributed by atoms with Crippen LogP contribution in [-0.4, -0.2) is 166 Å². The molecule has 0 bridgehead atoms. The summed E-state index contributed by atoms with van der Waals surface area (Å²) in [6.45, 7) is 6.26. The fourth-order valence-electron chi connectivity index (χ4n) is 11.7. The highest BCUT2D eigenvalue weighted by atomic mass is 16.2. The zero-order chi connectivity index (χ0) is 74.4. The molecule has 28 heteroatoms. The summed E-state index contributed by atoms with van der Waals surface area (Å²) >= 11 is 0. The van der Waals surface area contributed by atoms with Gasteiger partial charge in [-0.05, 0) is 155 Å². The summed E-state index contributed by atoms with van der Waals surface area (Å²) < 4.78 is 0. The Balaban J connectivity index is 7.06. The summed E-state index contributed by atoms with van der Waals surface area (Å²) in [5.41, 5.74) is 53.1. The normalized spacial score (nSPS) is 14.0. The van der Waals surface area contributed by atoms with E-state index in [9.17, 15) is 47.9 Å². The Bertz CT molecular complexity index is 2190. The molecule has 0 fully saturated rings. The molecular weight excluding hydrogens is 1280 g/mol. The molecule has 2 unspecified atom stereocenters. The largest absolute Gasteiger partial charge is 0.368 e. The van der Waals surface area contributed by atoms with E-state index < -0.39 is 108 Å². The minimum atomic E-state index is -1.32. The van der Waals surface area contributed by atoms with E-state index in [1.54, 1.807) is 0 Å². The molecule has 0 aliphatic rings. The van der Waals surface area contributed by atoms with E-state index >= 15 is 0 Å². The Morgan fingerprint density at radius 2 is 0.450 bits per heavy atom. The molecule has 9 atom stereocenters. The van der Waals surface area contributed by atoms with E-state index in [1.165, 1.54) is 64.2 Å². The molecule has 0 aromatic carbocycles. The predicted molar refractivity (Wildman–Crippen MR) is 399 cm³/mol. The smallest absolute Gasteiger partial charge is 0.243 e. The van der Waals surface area contributed by atoms with Gasteiger partial charge in [-0.3, -0.25) is 47.9 Å². The molecule has 0 aliphatic heterocycles. The van der Waals surface area contributed by atoms with Gasteiger partial charge in [0.25, 0.3) is 0 Å². The zero-order valence-electron chi connectivity index (χ0n) is 62.0. The monoisotopic (exact) mass is 1420 g/mol. The molecule has 0 aromatic rings. The van der Waals surface area contributed by atoms with Crippen LogP contribution in [0.4, 0.5) is 0 Å². The minimum Gasteiger partial charge on any atom is -0.368 e. The van der Waals surface area contributed by atoms with Crippen molar-refractivity contribution in [2.45, 2.75) is 344 Å². The molecule has 0 aliphatic carbocycles. The molecule has 27 N–H and O–H groups in total. The van der Waals surface area contributed by atoms with Crippen molar-refractivity contribution >= 4 is 59.1 Å². The number of nitrogens with two attached hydrogens (primary N) is 9. The van der Waals surface area contributed by atoms with Crippen molar-refractivity contribution in [1.29, 1.82) is 0 Å². The van der Waals surface area contributed by atoms with Crippen molar-refractivity contribution < 1.29 is 47.9 Å². The zero-order valence-corrected chi connectivity index (χ0v) is 62.0. The number of hydrogen-bond acceptors (Lipinski definition) is 18. The fourth-order valence-corrected chi connectivity index (χ4v) is 11.7. The first-order chi connectivity index (χ1) is 48.2. The number of carbonyl (C=O) groups excluding carboxylic acids is 10. The molecule has 100 heavy (non-hydrogen) atoms. The summed E-state index contributed by atoms with van der Waals surface area (Å²) in [6, 6.07) is -9.01. The van der Waals surface area contributed by atoms with Crippen LogP contribution in [0, 0.1) is 0 Å².